The number of hydrogen-bond acceptors (Lipinski definition) is 3. The number of pyridine rings is 1. The summed E-state index contributed by atoms with van der Waals surface area (Å²) in [6.07, 6.45) is 0.329. The summed E-state index contributed by atoms with van der Waals surface area (Å²) in [6.45, 7) is 0. The molecule has 1 heterocycles. The van der Waals surface area contributed by atoms with Gasteiger partial charge in [-0.15, -0.1) is 0 Å². The minimum Gasteiger partial charge on any atom is -0.465 e. The van der Waals surface area contributed by atoms with E-state index in [0.717, 1.165) is 10.9 Å². The summed E-state index contributed by atoms with van der Waals surface area (Å²) in [5.41, 5.74) is 1.50. The average molecular weight is 311 g/mol. The third kappa shape index (κ3) is 2.85. The van der Waals surface area contributed by atoms with E-state index in [9.17, 15) is 14.0 Å². The lowest BCUT2D eigenvalue weighted by Crippen LogP contribution is -2.22. The lowest BCUT2D eigenvalue weighted by molar-refractivity contribution is 0.0598. The largest absolute Gasteiger partial charge is 0.465 e. The van der Waals surface area contributed by atoms with Crippen molar-refractivity contribution in [2.24, 2.45) is 0 Å². The summed E-state index contributed by atoms with van der Waals surface area (Å²) >= 11 is 0. The van der Waals surface area contributed by atoms with Crippen LogP contribution in [0.5, 0.6) is 0 Å². The van der Waals surface area contributed by atoms with E-state index in [1.165, 1.54) is 19.2 Å². The number of H-pyrrole nitrogens is 1. The van der Waals surface area contributed by atoms with Crippen LogP contribution in [0.2, 0.25) is 0 Å². The van der Waals surface area contributed by atoms with E-state index < -0.39 is 11.5 Å². The minimum atomic E-state index is -0.686. The predicted molar refractivity (Wildman–Crippen MR) is 85.1 cm³/mol. The molecule has 0 unspecified atom stereocenters. The van der Waals surface area contributed by atoms with Crippen LogP contribution in [-0.4, -0.2) is 18.1 Å². The van der Waals surface area contributed by atoms with Crippen LogP contribution in [0, 0.1) is 5.82 Å². The van der Waals surface area contributed by atoms with Crippen molar-refractivity contribution in [3.8, 4) is 0 Å². The van der Waals surface area contributed by atoms with Gasteiger partial charge in [-0.1, -0.05) is 30.3 Å². The molecule has 0 amide bonds. The number of halogens is 1. The van der Waals surface area contributed by atoms with Gasteiger partial charge in [0.1, 0.15) is 11.4 Å². The Balaban J connectivity index is 2.24. The number of rotatable bonds is 3. The molecule has 4 nitrogen and oxygen atoms in total. The first-order valence-corrected chi connectivity index (χ1v) is 7.07. The zero-order chi connectivity index (χ0) is 16.4. The molecule has 0 aliphatic rings. The second-order valence-corrected chi connectivity index (χ2v) is 5.15. The number of benzene rings is 2. The van der Waals surface area contributed by atoms with Crippen LogP contribution in [0.4, 0.5) is 4.39 Å². The number of esters is 1. The van der Waals surface area contributed by atoms with Gasteiger partial charge in [0, 0.05) is 10.9 Å². The second-order valence-electron chi connectivity index (χ2n) is 5.15. The third-order valence-electron chi connectivity index (χ3n) is 3.71. The first-order valence-electron chi connectivity index (χ1n) is 7.07. The lowest BCUT2D eigenvalue weighted by Gasteiger charge is -2.11. The van der Waals surface area contributed by atoms with E-state index >= 15 is 0 Å². The fourth-order valence-corrected chi connectivity index (χ4v) is 2.62. The Morgan fingerprint density at radius 2 is 1.83 bits per heavy atom. The van der Waals surface area contributed by atoms with Crippen LogP contribution >= 0.6 is 0 Å². The van der Waals surface area contributed by atoms with Crippen molar-refractivity contribution in [2.45, 2.75) is 6.42 Å². The topological polar surface area (TPSA) is 59.2 Å². The molecule has 0 radical (unpaired) electrons. The maximum Gasteiger partial charge on any atom is 0.343 e. The van der Waals surface area contributed by atoms with E-state index in [-0.39, 0.29) is 11.4 Å². The molecule has 0 fully saturated rings. The van der Waals surface area contributed by atoms with Crippen LogP contribution in [0.15, 0.2) is 53.3 Å². The molecule has 116 valence electrons. The summed E-state index contributed by atoms with van der Waals surface area (Å²) in [7, 11) is 1.23. The number of ether oxygens (including phenoxy) is 1. The fraction of sp³-hybridized carbons (Fsp3) is 0.111. The lowest BCUT2D eigenvalue weighted by atomic mass is 9.96. The molecule has 0 saturated heterocycles. The summed E-state index contributed by atoms with van der Waals surface area (Å²) in [5, 5.41) is 0.761. The molecule has 23 heavy (non-hydrogen) atoms. The standard InChI is InChI=1S/C18H14FNO3/c1-23-18(22)16-14(10-11-6-8-12(19)9-7-11)13-4-2-3-5-15(13)20-17(16)21/h2-9H,10H2,1H3,(H,20,21). The molecule has 0 spiro atoms. The van der Waals surface area contributed by atoms with Gasteiger partial charge in [-0.2, -0.15) is 0 Å². The number of nitrogens with one attached hydrogen (secondary N) is 1. The minimum absolute atomic E-state index is 0.0180. The number of fused-ring (bicyclic) bond motifs is 1. The Morgan fingerprint density at radius 3 is 2.52 bits per heavy atom. The normalized spacial score (nSPS) is 10.7. The first kappa shape index (κ1) is 15.0. The highest BCUT2D eigenvalue weighted by molar-refractivity contribution is 5.97. The molecule has 1 N–H and O–H groups in total. The number of aromatic nitrogens is 1. The highest BCUT2D eigenvalue weighted by atomic mass is 19.1. The van der Waals surface area contributed by atoms with Crippen LogP contribution in [-0.2, 0) is 11.2 Å². The maximum atomic E-state index is 13.1. The zero-order valence-electron chi connectivity index (χ0n) is 12.4. The Hall–Kier alpha value is -2.95. The van der Waals surface area contributed by atoms with Crippen LogP contribution in [0.25, 0.3) is 10.9 Å². The van der Waals surface area contributed by atoms with Gasteiger partial charge in [0.05, 0.1) is 7.11 Å². The molecular weight excluding hydrogens is 297 g/mol. The van der Waals surface area contributed by atoms with Gasteiger partial charge in [0.15, 0.2) is 0 Å². The Bertz CT molecular complexity index is 929. The van der Waals surface area contributed by atoms with Crippen molar-refractivity contribution < 1.29 is 13.9 Å². The van der Waals surface area contributed by atoms with Gasteiger partial charge in [-0.3, -0.25) is 4.79 Å². The quantitative estimate of drug-likeness (QED) is 0.756. The second kappa shape index (κ2) is 6.04. The van der Waals surface area contributed by atoms with Gasteiger partial charge in [0.2, 0.25) is 0 Å². The van der Waals surface area contributed by atoms with Crippen molar-refractivity contribution >= 4 is 16.9 Å². The first-order chi connectivity index (χ1) is 11.1. The Kier molecular flexibility index (Phi) is 3.93. The van der Waals surface area contributed by atoms with Crippen molar-refractivity contribution in [2.75, 3.05) is 7.11 Å². The maximum absolute atomic E-state index is 13.1. The highest BCUT2D eigenvalue weighted by Crippen LogP contribution is 2.22. The molecule has 2 aromatic carbocycles. The van der Waals surface area contributed by atoms with E-state index in [1.807, 2.05) is 12.1 Å². The molecule has 0 aliphatic heterocycles. The number of methoxy groups -OCH3 is 1. The molecule has 0 aliphatic carbocycles. The summed E-state index contributed by atoms with van der Waals surface area (Å²) in [6, 6.07) is 13.2. The van der Waals surface area contributed by atoms with Gasteiger partial charge in [-0.05, 0) is 35.7 Å². The van der Waals surface area contributed by atoms with Crippen LogP contribution in [0.1, 0.15) is 21.5 Å². The molecule has 0 saturated carbocycles. The summed E-state index contributed by atoms with van der Waals surface area (Å²) in [4.78, 5) is 27.0. The van der Waals surface area contributed by atoms with Crippen LogP contribution < -0.4 is 5.56 Å². The van der Waals surface area contributed by atoms with E-state index in [1.54, 1.807) is 24.3 Å². The smallest absolute Gasteiger partial charge is 0.343 e. The van der Waals surface area contributed by atoms with Crippen molar-refractivity contribution in [3.05, 3.63) is 81.4 Å². The number of para-hydroxylation sites is 1. The van der Waals surface area contributed by atoms with Gasteiger partial charge in [0.25, 0.3) is 5.56 Å². The molecule has 0 atom stereocenters. The molecular formula is C18H14FNO3. The monoisotopic (exact) mass is 311 g/mol. The molecule has 3 aromatic rings. The number of carbonyl (C=O) groups is 1. The van der Waals surface area contributed by atoms with Gasteiger partial charge in [-0.25, -0.2) is 9.18 Å². The molecule has 3 rings (SSSR count). The Labute approximate surface area is 131 Å². The van der Waals surface area contributed by atoms with Gasteiger partial charge >= 0.3 is 5.97 Å². The third-order valence-corrected chi connectivity index (χ3v) is 3.71. The molecule has 0 bridgehead atoms. The predicted octanol–water partition coefficient (Wildman–Crippen LogP) is 3.04. The average Bonchev–Trinajstić information content (AvgIpc) is 2.56. The zero-order valence-corrected chi connectivity index (χ0v) is 12.4. The van der Waals surface area contributed by atoms with Gasteiger partial charge < -0.3 is 9.72 Å². The van der Waals surface area contributed by atoms with E-state index in [4.69, 9.17) is 4.74 Å². The highest BCUT2D eigenvalue weighted by Gasteiger charge is 2.20. The van der Waals surface area contributed by atoms with Crippen molar-refractivity contribution in [1.82, 2.24) is 4.98 Å². The fourth-order valence-electron chi connectivity index (χ4n) is 2.62. The van der Waals surface area contributed by atoms with Crippen molar-refractivity contribution in [3.63, 3.8) is 0 Å². The SMILES string of the molecule is COC(=O)c1c(Cc2ccc(F)cc2)c2ccccc2[nH]c1=O. The number of carbonyl (C=O) groups excluding carboxylic acids is 1. The molecule has 1 aromatic heterocycles. The number of aromatic amines is 1. The Morgan fingerprint density at radius 1 is 1.13 bits per heavy atom. The van der Waals surface area contributed by atoms with E-state index in [2.05, 4.69) is 4.98 Å². The van der Waals surface area contributed by atoms with E-state index in [0.29, 0.717) is 17.5 Å². The summed E-state index contributed by atoms with van der Waals surface area (Å²) in [5.74, 6) is -1.02. The van der Waals surface area contributed by atoms with Crippen molar-refractivity contribution in [1.29, 1.82) is 0 Å². The summed E-state index contributed by atoms with van der Waals surface area (Å²) < 4.78 is 17.8. The van der Waals surface area contributed by atoms with Crippen LogP contribution in [0.3, 0.4) is 0 Å². The molecule has 5 heteroatoms. The number of hydrogen-bond donors (Lipinski definition) is 1.